The molecule has 0 aliphatic heterocycles. The number of anilines is 1. The zero-order chi connectivity index (χ0) is 10.7. The van der Waals surface area contributed by atoms with Gasteiger partial charge in [0.15, 0.2) is 0 Å². The van der Waals surface area contributed by atoms with E-state index < -0.39 is 0 Å². The van der Waals surface area contributed by atoms with E-state index in [1.807, 2.05) is 0 Å². The average Bonchev–Trinajstić information content (AvgIpc) is 2.22. The molecule has 0 unspecified atom stereocenters. The maximum absolute atomic E-state index is 12.6. The molecule has 3 nitrogen and oxygen atoms in total. The summed E-state index contributed by atoms with van der Waals surface area (Å²) in [4.78, 5) is 8.89. The van der Waals surface area contributed by atoms with E-state index in [9.17, 15) is 4.39 Å². The third-order valence-electron chi connectivity index (χ3n) is 1.67. The van der Waals surface area contributed by atoms with Gasteiger partial charge in [-0.3, -0.25) is 4.98 Å². The van der Waals surface area contributed by atoms with Gasteiger partial charge in [0.1, 0.15) is 16.7 Å². The summed E-state index contributed by atoms with van der Waals surface area (Å²) < 4.78 is 12.6. The van der Waals surface area contributed by atoms with Crippen molar-refractivity contribution in [3.05, 3.63) is 42.5 Å². The Morgan fingerprint density at radius 3 is 2.53 bits per heavy atom. The maximum atomic E-state index is 12.6. The number of nitrogens with two attached hydrogens (primary N) is 1. The van der Waals surface area contributed by atoms with Gasteiger partial charge in [0.05, 0.1) is 12.4 Å². The lowest BCUT2D eigenvalue weighted by Gasteiger charge is -2.00. The standard InChI is InChI=1S/C10H8FN3S/c11-7-1-3-8(4-2-7)15-10-6-13-5-9(12)14-10/h1-6H,(H2,12,14). The van der Waals surface area contributed by atoms with Crippen molar-refractivity contribution in [3.63, 3.8) is 0 Å². The third kappa shape index (κ3) is 2.66. The van der Waals surface area contributed by atoms with Crippen LogP contribution in [0.25, 0.3) is 0 Å². The minimum Gasteiger partial charge on any atom is -0.382 e. The molecule has 0 saturated heterocycles. The molecule has 0 spiro atoms. The van der Waals surface area contributed by atoms with Gasteiger partial charge in [-0.25, -0.2) is 9.37 Å². The van der Waals surface area contributed by atoms with Crippen LogP contribution in [-0.2, 0) is 0 Å². The Kier molecular flexibility index (Phi) is 2.82. The van der Waals surface area contributed by atoms with Crippen LogP contribution in [0.3, 0.4) is 0 Å². The molecular weight excluding hydrogens is 213 g/mol. The highest BCUT2D eigenvalue weighted by Crippen LogP contribution is 2.25. The van der Waals surface area contributed by atoms with Crippen LogP contribution >= 0.6 is 11.8 Å². The van der Waals surface area contributed by atoms with E-state index in [1.54, 1.807) is 18.3 Å². The zero-order valence-electron chi connectivity index (χ0n) is 7.72. The van der Waals surface area contributed by atoms with Crippen LogP contribution in [0, 0.1) is 5.82 Å². The molecule has 0 aliphatic rings. The minimum absolute atomic E-state index is 0.252. The second-order valence-electron chi connectivity index (χ2n) is 2.84. The summed E-state index contributed by atoms with van der Waals surface area (Å²) in [5.41, 5.74) is 5.49. The highest BCUT2D eigenvalue weighted by atomic mass is 32.2. The summed E-state index contributed by atoms with van der Waals surface area (Å²) in [5, 5.41) is 0.696. The van der Waals surface area contributed by atoms with Crippen LogP contribution in [0.15, 0.2) is 46.6 Å². The van der Waals surface area contributed by atoms with Crippen LogP contribution in [0.4, 0.5) is 10.2 Å². The van der Waals surface area contributed by atoms with Crippen LogP contribution in [0.2, 0.25) is 0 Å². The first kappa shape index (κ1) is 9.92. The first-order valence-corrected chi connectivity index (χ1v) is 5.06. The van der Waals surface area contributed by atoms with Gasteiger partial charge in [-0.15, -0.1) is 0 Å². The van der Waals surface area contributed by atoms with Gasteiger partial charge in [0.2, 0.25) is 0 Å². The van der Waals surface area contributed by atoms with E-state index in [-0.39, 0.29) is 5.82 Å². The Hall–Kier alpha value is -1.62. The second-order valence-corrected chi connectivity index (χ2v) is 3.93. The fourth-order valence-electron chi connectivity index (χ4n) is 1.03. The molecule has 0 amide bonds. The van der Waals surface area contributed by atoms with Crippen molar-refractivity contribution >= 4 is 17.6 Å². The third-order valence-corrected chi connectivity index (χ3v) is 2.58. The Morgan fingerprint density at radius 2 is 1.87 bits per heavy atom. The molecule has 0 fully saturated rings. The van der Waals surface area contributed by atoms with Gasteiger partial charge >= 0.3 is 0 Å². The number of hydrogen-bond acceptors (Lipinski definition) is 4. The summed E-state index contributed by atoms with van der Waals surface area (Å²) in [5.74, 6) is 0.125. The van der Waals surface area contributed by atoms with E-state index in [1.165, 1.54) is 30.1 Å². The number of hydrogen-bond donors (Lipinski definition) is 1. The highest BCUT2D eigenvalue weighted by Gasteiger charge is 1.99. The fourth-order valence-corrected chi connectivity index (χ4v) is 1.81. The number of aromatic nitrogens is 2. The largest absolute Gasteiger partial charge is 0.382 e. The Labute approximate surface area is 90.6 Å². The van der Waals surface area contributed by atoms with Gasteiger partial charge in [0.25, 0.3) is 0 Å². The van der Waals surface area contributed by atoms with Crippen molar-refractivity contribution < 1.29 is 4.39 Å². The van der Waals surface area contributed by atoms with Gasteiger partial charge in [-0.1, -0.05) is 11.8 Å². The smallest absolute Gasteiger partial charge is 0.143 e. The van der Waals surface area contributed by atoms with E-state index in [4.69, 9.17) is 5.73 Å². The summed E-state index contributed by atoms with van der Waals surface area (Å²) in [6.45, 7) is 0. The Balaban J connectivity index is 2.18. The molecule has 1 heterocycles. The lowest BCUT2D eigenvalue weighted by Crippen LogP contribution is -1.92. The summed E-state index contributed by atoms with van der Waals surface area (Å²) in [6.07, 6.45) is 3.10. The number of nitrogen functional groups attached to an aromatic ring is 1. The van der Waals surface area contributed by atoms with E-state index >= 15 is 0 Å². The van der Waals surface area contributed by atoms with Crippen molar-refractivity contribution in [2.75, 3.05) is 5.73 Å². The molecule has 2 aromatic rings. The van der Waals surface area contributed by atoms with Gasteiger partial charge in [0, 0.05) is 4.90 Å². The van der Waals surface area contributed by atoms with Gasteiger partial charge in [-0.05, 0) is 24.3 Å². The number of nitrogens with zero attached hydrogens (tertiary/aromatic N) is 2. The molecule has 2 N–H and O–H groups in total. The maximum Gasteiger partial charge on any atom is 0.143 e. The normalized spacial score (nSPS) is 10.2. The SMILES string of the molecule is Nc1cncc(Sc2ccc(F)cc2)n1. The summed E-state index contributed by atoms with van der Waals surface area (Å²) in [6, 6.07) is 6.18. The molecule has 1 aromatic carbocycles. The zero-order valence-corrected chi connectivity index (χ0v) is 8.54. The van der Waals surface area contributed by atoms with E-state index in [0.29, 0.717) is 10.8 Å². The summed E-state index contributed by atoms with van der Waals surface area (Å²) in [7, 11) is 0. The van der Waals surface area contributed by atoms with Crippen molar-refractivity contribution in [3.8, 4) is 0 Å². The highest BCUT2D eigenvalue weighted by molar-refractivity contribution is 7.99. The molecule has 15 heavy (non-hydrogen) atoms. The molecule has 76 valence electrons. The number of halogens is 1. The predicted molar refractivity (Wildman–Crippen MR) is 57.0 cm³/mol. The van der Waals surface area contributed by atoms with E-state index in [0.717, 1.165) is 4.90 Å². The first-order valence-electron chi connectivity index (χ1n) is 4.25. The molecule has 0 atom stereocenters. The average molecular weight is 221 g/mol. The van der Waals surface area contributed by atoms with Crippen LogP contribution < -0.4 is 5.73 Å². The fraction of sp³-hybridized carbons (Fsp3) is 0. The van der Waals surface area contributed by atoms with Gasteiger partial charge in [-0.2, -0.15) is 0 Å². The van der Waals surface area contributed by atoms with Crippen molar-refractivity contribution in [2.45, 2.75) is 9.92 Å². The monoisotopic (exact) mass is 221 g/mol. The quantitative estimate of drug-likeness (QED) is 0.845. The van der Waals surface area contributed by atoms with Crippen LogP contribution in [-0.4, -0.2) is 9.97 Å². The molecule has 0 radical (unpaired) electrons. The Bertz CT molecular complexity index is 458. The van der Waals surface area contributed by atoms with Crippen molar-refractivity contribution in [1.29, 1.82) is 0 Å². The number of rotatable bonds is 2. The molecule has 1 aromatic heterocycles. The van der Waals surface area contributed by atoms with E-state index in [2.05, 4.69) is 9.97 Å². The first-order chi connectivity index (χ1) is 7.24. The molecule has 0 aliphatic carbocycles. The van der Waals surface area contributed by atoms with Crippen molar-refractivity contribution in [1.82, 2.24) is 9.97 Å². The summed E-state index contributed by atoms with van der Waals surface area (Å²) >= 11 is 1.39. The molecule has 0 bridgehead atoms. The van der Waals surface area contributed by atoms with Crippen LogP contribution in [0.5, 0.6) is 0 Å². The Morgan fingerprint density at radius 1 is 1.13 bits per heavy atom. The lowest BCUT2D eigenvalue weighted by atomic mass is 10.4. The predicted octanol–water partition coefficient (Wildman–Crippen LogP) is 2.35. The molecular formula is C10H8FN3S. The van der Waals surface area contributed by atoms with Crippen molar-refractivity contribution in [2.24, 2.45) is 0 Å². The number of benzene rings is 1. The van der Waals surface area contributed by atoms with Gasteiger partial charge < -0.3 is 5.73 Å². The molecule has 0 saturated carbocycles. The molecule has 2 rings (SSSR count). The van der Waals surface area contributed by atoms with Crippen LogP contribution in [0.1, 0.15) is 0 Å². The topological polar surface area (TPSA) is 51.8 Å². The lowest BCUT2D eigenvalue weighted by molar-refractivity contribution is 0.626. The minimum atomic E-state index is -0.252. The second kappa shape index (κ2) is 4.27. The molecule has 5 heteroatoms.